The molecule has 4 aromatic carbocycles. The summed E-state index contributed by atoms with van der Waals surface area (Å²) in [6, 6.07) is 30.5. The van der Waals surface area contributed by atoms with Crippen LogP contribution < -0.4 is 18.9 Å². The van der Waals surface area contributed by atoms with Gasteiger partial charge in [-0.3, -0.25) is 0 Å². The molecular weight excluding hydrogens is 985 g/mol. The summed E-state index contributed by atoms with van der Waals surface area (Å²) < 4.78 is 54.1. The Morgan fingerprint density at radius 1 is 0.628 bits per heavy atom. The van der Waals surface area contributed by atoms with Gasteiger partial charge in [-0.1, -0.05) is 145 Å². The van der Waals surface area contributed by atoms with Gasteiger partial charge in [0, 0.05) is 16.9 Å². The lowest BCUT2D eigenvalue weighted by Gasteiger charge is -2.33. The zero-order valence-electron chi connectivity index (χ0n) is 48.7. The van der Waals surface area contributed by atoms with Gasteiger partial charge in [0.1, 0.15) is 35.2 Å². The van der Waals surface area contributed by atoms with Gasteiger partial charge in [-0.15, -0.1) is 0 Å². The molecule has 0 amide bonds. The molecule has 5 rings (SSSR count). The molecule has 0 aliphatic heterocycles. The van der Waals surface area contributed by atoms with Gasteiger partial charge in [-0.25, -0.2) is 4.79 Å². The Morgan fingerprint density at radius 3 is 1.53 bits per heavy atom. The average molecular weight is 1080 g/mol. The highest BCUT2D eigenvalue weighted by Gasteiger charge is 2.42. The lowest BCUT2D eigenvalue weighted by molar-refractivity contribution is -0.183. The molecule has 0 fully saturated rings. The average Bonchev–Trinajstić information content (AvgIpc) is 3.81. The van der Waals surface area contributed by atoms with E-state index < -0.39 is 42.4 Å². The number of aliphatic hydroxyl groups excluding tert-OH is 2. The zero-order chi connectivity index (χ0) is 56.5. The molecule has 4 aromatic rings. The van der Waals surface area contributed by atoms with E-state index in [9.17, 15) is 15.0 Å². The summed E-state index contributed by atoms with van der Waals surface area (Å²) in [4.78, 5) is 14.6. The van der Waals surface area contributed by atoms with Crippen LogP contribution in [0.5, 0.6) is 23.0 Å². The Hall–Kier alpha value is -5.47. The molecule has 0 saturated carbocycles. The molecule has 12 nitrogen and oxygen atoms in total. The number of aliphatic hydroxyl groups is 2. The molecule has 0 aromatic heterocycles. The minimum Gasteiger partial charge on any atom is -0.497 e. The van der Waals surface area contributed by atoms with E-state index >= 15 is 0 Å². The maximum atomic E-state index is 14.6. The standard InChI is InChI=1S/C66H92O12/c1-12-13-14-15-16-17-18-19-20-46(2)62(76-43-53-25-33-57(72-10)34-26-53)48(4)37-47(3)59-39-66(7,64(68)50(59)6)38-49(5)65(69)78-61(45-74-41-51-21-29-55(70-8)30-22-51)63(77-44-54-27-35-58(73-11)36-28-54)60(40-67)75-42-52-23-31-56(71-9)32-24-52/h21-38,46,48,60-64,67-68H,12-20,39-45H2,1-11H3/b47-37+,49-38+/t46-,48-,60+,61+,62+,63-,64?,66?/m0/s1. The second-order valence-electron chi connectivity index (χ2n) is 21.5. The number of allylic oxidation sites excluding steroid dienone is 2. The molecule has 0 spiro atoms. The summed E-state index contributed by atoms with van der Waals surface area (Å²) in [6.07, 6.45) is 12.1. The third-order valence-electron chi connectivity index (χ3n) is 15.2. The first-order chi connectivity index (χ1) is 37.6. The van der Waals surface area contributed by atoms with E-state index in [1.165, 1.54) is 51.4 Å². The van der Waals surface area contributed by atoms with Crippen LogP contribution in [-0.4, -0.2) is 88.4 Å². The Kier molecular flexibility index (Phi) is 27.0. The van der Waals surface area contributed by atoms with Crippen molar-refractivity contribution in [2.75, 3.05) is 41.7 Å². The van der Waals surface area contributed by atoms with E-state index in [0.717, 1.165) is 51.1 Å². The molecule has 428 valence electrons. The highest BCUT2D eigenvalue weighted by molar-refractivity contribution is 5.88. The van der Waals surface area contributed by atoms with E-state index in [1.54, 1.807) is 35.4 Å². The Labute approximate surface area is 467 Å². The number of hydrogen-bond acceptors (Lipinski definition) is 12. The second-order valence-corrected chi connectivity index (χ2v) is 21.5. The monoisotopic (exact) mass is 1080 g/mol. The molecule has 1 aliphatic carbocycles. The minimum atomic E-state index is -1.05. The fourth-order valence-corrected chi connectivity index (χ4v) is 10.5. The lowest BCUT2D eigenvalue weighted by atomic mass is 9.81. The van der Waals surface area contributed by atoms with Gasteiger partial charge in [-0.05, 0) is 121 Å². The fourth-order valence-electron chi connectivity index (χ4n) is 10.5. The molecule has 12 heteroatoms. The van der Waals surface area contributed by atoms with Gasteiger partial charge in [0.25, 0.3) is 0 Å². The van der Waals surface area contributed by atoms with Crippen LogP contribution >= 0.6 is 0 Å². The number of esters is 1. The molecule has 1 aliphatic rings. The smallest absolute Gasteiger partial charge is 0.333 e. The molecule has 0 radical (unpaired) electrons. The van der Waals surface area contributed by atoms with Gasteiger partial charge < -0.3 is 52.8 Å². The number of carbonyl (C=O) groups excluding carboxylic acids is 1. The van der Waals surface area contributed by atoms with Crippen molar-refractivity contribution in [3.8, 4) is 23.0 Å². The number of methoxy groups -OCH3 is 4. The number of unbranched alkanes of at least 4 members (excludes halogenated alkanes) is 7. The van der Waals surface area contributed by atoms with Gasteiger partial charge in [-0.2, -0.15) is 0 Å². The summed E-state index contributed by atoms with van der Waals surface area (Å²) in [5.74, 6) is 2.72. The Balaban J connectivity index is 1.37. The first-order valence-electron chi connectivity index (χ1n) is 28.2. The number of carbonyl (C=O) groups is 1. The first kappa shape index (κ1) is 63.4. The Bertz CT molecular complexity index is 2450. The van der Waals surface area contributed by atoms with Crippen LogP contribution in [0.3, 0.4) is 0 Å². The third-order valence-corrected chi connectivity index (χ3v) is 15.2. The van der Waals surface area contributed by atoms with E-state index in [0.29, 0.717) is 41.8 Å². The van der Waals surface area contributed by atoms with E-state index in [-0.39, 0.29) is 38.4 Å². The van der Waals surface area contributed by atoms with E-state index in [2.05, 4.69) is 45.9 Å². The van der Waals surface area contributed by atoms with Crippen molar-refractivity contribution in [2.45, 2.75) is 170 Å². The van der Waals surface area contributed by atoms with Crippen LogP contribution in [-0.2, 0) is 54.9 Å². The summed E-state index contributed by atoms with van der Waals surface area (Å²) >= 11 is 0. The van der Waals surface area contributed by atoms with Gasteiger partial charge in [0.15, 0.2) is 6.10 Å². The minimum absolute atomic E-state index is 0.0300. The van der Waals surface area contributed by atoms with E-state index in [4.69, 9.17) is 42.6 Å². The molecular formula is C66H92O12. The summed E-state index contributed by atoms with van der Waals surface area (Å²) in [6.45, 7) is 15.0. The second kappa shape index (κ2) is 33.2. The first-order valence-corrected chi connectivity index (χ1v) is 28.2. The molecule has 2 unspecified atom stereocenters. The maximum absolute atomic E-state index is 14.6. The molecule has 0 bridgehead atoms. The predicted molar refractivity (Wildman–Crippen MR) is 309 cm³/mol. The van der Waals surface area contributed by atoms with Gasteiger partial charge in [0.2, 0.25) is 0 Å². The van der Waals surface area contributed by atoms with Crippen molar-refractivity contribution < 1.29 is 57.6 Å². The number of rotatable bonds is 36. The molecule has 8 atom stereocenters. The van der Waals surface area contributed by atoms with Crippen molar-refractivity contribution in [1.29, 1.82) is 0 Å². The maximum Gasteiger partial charge on any atom is 0.333 e. The molecule has 0 heterocycles. The summed E-state index contributed by atoms with van der Waals surface area (Å²) in [5, 5.41) is 23.1. The predicted octanol–water partition coefficient (Wildman–Crippen LogP) is 13.7. The lowest BCUT2D eigenvalue weighted by Crippen LogP contribution is -2.47. The topological polar surface area (TPSA) is 141 Å². The van der Waals surface area contributed by atoms with Crippen LogP contribution in [0.15, 0.2) is 132 Å². The number of ether oxygens (including phenoxy) is 9. The van der Waals surface area contributed by atoms with Gasteiger partial charge >= 0.3 is 5.97 Å². The van der Waals surface area contributed by atoms with Crippen molar-refractivity contribution in [2.24, 2.45) is 17.3 Å². The van der Waals surface area contributed by atoms with E-state index in [1.807, 2.05) is 105 Å². The highest BCUT2D eigenvalue weighted by Crippen LogP contribution is 2.46. The van der Waals surface area contributed by atoms with Crippen molar-refractivity contribution in [3.05, 3.63) is 154 Å². The van der Waals surface area contributed by atoms with Crippen LogP contribution in [0.4, 0.5) is 0 Å². The Morgan fingerprint density at radius 2 is 1.06 bits per heavy atom. The normalized spacial score (nSPS) is 18.2. The fraction of sp³-hybridized carbons (Fsp3) is 0.530. The number of benzene rings is 4. The van der Waals surface area contributed by atoms with Crippen LogP contribution in [0.25, 0.3) is 0 Å². The summed E-state index contributed by atoms with van der Waals surface area (Å²) in [5.41, 5.74) is 6.17. The van der Waals surface area contributed by atoms with Crippen molar-refractivity contribution in [1.82, 2.24) is 0 Å². The highest BCUT2D eigenvalue weighted by atomic mass is 16.6. The van der Waals surface area contributed by atoms with Crippen molar-refractivity contribution in [3.63, 3.8) is 0 Å². The van der Waals surface area contributed by atoms with Crippen LogP contribution in [0.2, 0.25) is 0 Å². The third kappa shape index (κ3) is 19.7. The zero-order valence-corrected chi connectivity index (χ0v) is 48.7. The van der Waals surface area contributed by atoms with Crippen LogP contribution in [0, 0.1) is 17.3 Å². The largest absolute Gasteiger partial charge is 0.497 e. The molecule has 78 heavy (non-hydrogen) atoms. The molecule has 0 saturated heterocycles. The molecule has 2 N–H and O–H groups in total. The van der Waals surface area contributed by atoms with Gasteiger partial charge in [0.05, 0.1) is 80.3 Å². The SMILES string of the molecule is CCCCCCCCCC[C@H](C)[C@@H](OCc1ccc(OC)cc1)[C@@H](C)/C=C(\C)C1=C(C)C(O)C(C)(/C=C(\C)C(=O)O[C@H](COCc2ccc(OC)cc2)[C@@H](OCc2ccc(OC)cc2)[C@@H](CO)OCc2ccc(OC)cc2)C1. The quantitative estimate of drug-likeness (QED) is 0.0254. The summed E-state index contributed by atoms with van der Waals surface area (Å²) in [7, 11) is 6.51. The number of hydrogen-bond donors (Lipinski definition) is 2. The van der Waals surface area contributed by atoms with Crippen molar-refractivity contribution >= 4 is 5.97 Å². The van der Waals surface area contributed by atoms with Crippen LogP contribution in [0.1, 0.15) is 135 Å².